The van der Waals surface area contributed by atoms with Crippen molar-refractivity contribution in [1.82, 2.24) is 4.98 Å². The number of benzene rings is 2. The second-order valence-electron chi connectivity index (χ2n) is 7.14. The average Bonchev–Trinajstić information content (AvgIpc) is 2.69. The predicted octanol–water partition coefficient (Wildman–Crippen LogP) is 4.96. The summed E-state index contributed by atoms with van der Waals surface area (Å²) in [7, 11) is -4.33. The Morgan fingerprint density at radius 3 is 2.14 bits per heavy atom. The Labute approximate surface area is 170 Å². The molecule has 6 nitrogen and oxygen atoms in total. The normalized spacial score (nSPS) is 14.0. The Hall–Kier alpha value is -2.90. The average molecular weight is 410 g/mol. The van der Waals surface area contributed by atoms with Crippen LogP contribution in [0, 0.1) is 13.8 Å². The van der Waals surface area contributed by atoms with Gasteiger partial charge in [0.15, 0.2) is 11.5 Å². The van der Waals surface area contributed by atoms with Crippen molar-refractivity contribution in [2.24, 2.45) is 0 Å². The number of aromatic nitrogens is 1. The van der Waals surface area contributed by atoms with E-state index in [0.29, 0.717) is 29.4 Å². The molecule has 1 aliphatic heterocycles. The van der Waals surface area contributed by atoms with Crippen LogP contribution in [0.1, 0.15) is 28.6 Å². The van der Waals surface area contributed by atoms with E-state index in [-0.39, 0.29) is 6.42 Å². The van der Waals surface area contributed by atoms with Crippen molar-refractivity contribution in [3.63, 3.8) is 0 Å². The van der Waals surface area contributed by atoms with Gasteiger partial charge in [0.05, 0.1) is 17.1 Å². The van der Waals surface area contributed by atoms with Crippen molar-refractivity contribution in [3.8, 4) is 11.5 Å². The van der Waals surface area contributed by atoms with E-state index in [0.717, 1.165) is 16.9 Å². The first-order chi connectivity index (χ1) is 13.8. The molecule has 1 unspecified atom stereocenters. The van der Waals surface area contributed by atoms with Crippen LogP contribution in [0.3, 0.4) is 0 Å². The molecule has 29 heavy (non-hydrogen) atoms. The van der Waals surface area contributed by atoms with Gasteiger partial charge in [-0.05, 0) is 56.2 Å². The van der Waals surface area contributed by atoms with Crippen molar-refractivity contribution in [3.05, 3.63) is 77.6 Å². The van der Waals surface area contributed by atoms with E-state index in [1.807, 2.05) is 65.6 Å². The number of ether oxygens (including phenoxy) is 1. The molecule has 7 heteroatoms. The molecule has 2 aromatic carbocycles. The molecule has 0 amide bonds. The summed E-state index contributed by atoms with van der Waals surface area (Å²) in [6.07, 6.45) is 0.179. The highest BCUT2D eigenvalue weighted by molar-refractivity contribution is 7.86. The highest BCUT2D eigenvalue weighted by atomic mass is 32.2. The van der Waals surface area contributed by atoms with Crippen molar-refractivity contribution < 1.29 is 17.7 Å². The minimum Gasteiger partial charge on any atom is -0.453 e. The summed E-state index contributed by atoms with van der Waals surface area (Å²) in [5, 5.41) is -1.11. The summed E-state index contributed by atoms with van der Waals surface area (Å²) < 4.78 is 40.4. The molecule has 1 N–H and O–H groups in total. The van der Waals surface area contributed by atoms with E-state index in [4.69, 9.17) is 4.74 Å². The molecular weight excluding hydrogens is 388 g/mol. The van der Waals surface area contributed by atoms with Gasteiger partial charge < -0.3 is 9.64 Å². The summed E-state index contributed by atoms with van der Waals surface area (Å²) >= 11 is 0. The van der Waals surface area contributed by atoms with E-state index in [9.17, 15) is 13.0 Å². The van der Waals surface area contributed by atoms with Gasteiger partial charge in [-0.2, -0.15) is 8.42 Å². The highest BCUT2D eigenvalue weighted by Gasteiger charge is 2.31. The molecule has 3 aromatic rings. The molecule has 150 valence electrons. The second-order valence-corrected chi connectivity index (χ2v) is 8.74. The predicted molar refractivity (Wildman–Crippen MR) is 113 cm³/mol. The van der Waals surface area contributed by atoms with Gasteiger partial charge in [-0.3, -0.25) is 9.54 Å². The zero-order valence-corrected chi connectivity index (χ0v) is 17.1. The van der Waals surface area contributed by atoms with Crippen LogP contribution in [-0.2, 0) is 10.1 Å². The maximum absolute atomic E-state index is 12.2. The van der Waals surface area contributed by atoms with Crippen LogP contribution in [0.2, 0.25) is 0 Å². The molecule has 0 radical (unpaired) electrons. The van der Waals surface area contributed by atoms with Crippen molar-refractivity contribution >= 4 is 21.5 Å². The minimum absolute atomic E-state index is 0.179. The van der Waals surface area contributed by atoms with Crippen molar-refractivity contribution in [2.45, 2.75) is 25.5 Å². The third-order valence-corrected chi connectivity index (χ3v) is 6.26. The van der Waals surface area contributed by atoms with Gasteiger partial charge in [0.25, 0.3) is 10.1 Å². The van der Waals surface area contributed by atoms with Gasteiger partial charge in [0.2, 0.25) is 0 Å². The maximum Gasteiger partial charge on any atom is 0.273 e. The van der Waals surface area contributed by atoms with E-state index >= 15 is 0 Å². The SMILES string of the molecule is Cc1ccc(C)c(C(CCN2c3ccccc3Oc3ccccc32)S(=O)(=O)O)n1. The lowest BCUT2D eigenvalue weighted by atomic mass is 10.1. The van der Waals surface area contributed by atoms with E-state index in [1.165, 1.54) is 0 Å². The summed E-state index contributed by atoms with van der Waals surface area (Å²) in [4.78, 5) is 6.43. The zero-order valence-electron chi connectivity index (χ0n) is 16.2. The molecular formula is C22H22N2O4S. The lowest BCUT2D eigenvalue weighted by Gasteiger charge is -2.33. The van der Waals surface area contributed by atoms with Crippen LogP contribution in [0.15, 0.2) is 60.7 Å². The second kappa shape index (κ2) is 7.50. The molecule has 4 rings (SSSR count). The maximum atomic E-state index is 12.2. The van der Waals surface area contributed by atoms with Crippen molar-refractivity contribution in [2.75, 3.05) is 11.4 Å². The number of hydrogen-bond donors (Lipinski definition) is 1. The number of hydrogen-bond acceptors (Lipinski definition) is 5. The number of rotatable bonds is 5. The van der Waals surface area contributed by atoms with Gasteiger partial charge in [-0.25, -0.2) is 0 Å². The van der Waals surface area contributed by atoms with Gasteiger partial charge in [-0.15, -0.1) is 0 Å². The standard InChI is InChI=1S/C22H22N2O4S/c1-15-11-12-16(2)23-22(15)21(29(25,26)27)13-14-24-17-7-3-5-9-19(17)28-20-10-6-4-8-18(20)24/h3-12,21H,13-14H2,1-2H3,(H,25,26,27). The van der Waals surface area contributed by atoms with Gasteiger partial charge in [0, 0.05) is 12.2 Å². The van der Waals surface area contributed by atoms with Gasteiger partial charge in [0.1, 0.15) is 5.25 Å². The van der Waals surface area contributed by atoms with Crippen LogP contribution < -0.4 is 9.64 Å². The molecule has 1 aromatic heterocycles. The Kier molecular flexibility index (Phi) is 5.02. The quantitative estimate of drug-likeness (QED) is 0.599. The molecule has 0 bridgehead atoms. The number of para-hydroxylation sites is 4. The third-order valence-electron chi connectivity index (χ3n) is 5.09. The summed E-state index contributed by atoms with van der Waals surface area (Å²) in [5.74, 6) is 1.42. The van der Waals surface area contributed by atoms with Crippen LogP contribution in [0.4, 0.5) is 11.4 Å². The number of fused-ring (bicyclic) bond motifs is 2. The fraction of sp³-hybridized carbons (Fsp3) is 0.227. The first kappa shape index (κ1) is 19.4. The largest absolute Gasteiger partial charge is 0.453 e. The van der Waals surface area contributed by atoms with Crippen LogP contribution in [0.5, 0.6) is 11.5 Å². The smallest absolute Gasteiger partial charge is 0.273 e. The van der Waals surface area contributed by atoms with Crippen LogP contribution >= 0.6 is 0 Å². The lowest BCUT2D eigenvalue weighted by Crippen LogP contribution is -2.26. The zero-order chi connectivity index (χ0) is 20.6. The topological polar surface area (TPSA) is 79.7 Å². The molecule has 1 aliphatic rings. The Balaban J connectivity index is 1.71. The van der Waals surface area contributed by atoms with Crippen LogP contribution in [-0.4, -0.2) is 24.5 Å². The van der Waals surface area contributed by atoms with Gasteiger partial charge >= 0.3 is 0 Å². The molecule has 0 saturated heterocycles. The van der Waals surface area contributed by atoms with Gasteiger partial charge in [-0.1, -0.05) is 30.3 Å². The molecule has 0 aliphatic carbocycles. The molecule has 0 spiro atoms. The lowest BCUT2D eigenvalue weighted by molar-refractivity contribution is 0.459. The van der Waals surface area contributed by atoms with E-state index in [1.54, 1.807) is 13.8 Å². The summed E-state index contributed by atoms with van der Waals surface area (Å²) in [5.41, 5.74) is 3.55. The fourth-order valence-electron chi connectivity index (χ4n) is 3.67. The van der Waals surface area contributed by atoms with E-state index in [2.05, 4.69) is 4.98 Å². The Bertz CT molecular complexity index is 1120. The van der Waals surface area contributed by atoms with E-state index < -0.39 is 15.4 Å². The summed E-state index contributed by atoms with van der Waals surface area (Å²) in [6, 6.07) is 18.9. The monoisotopic (exact) mass is 410 g/mol. The fourth-order valence-corrected chi connectivity index (χ4v) is 4.59. The number of anilines is 2. The Morgan fingerprint density at radius 2 is 1.55 bits per heavy atom. The number of nitrogens with zero attached hydrogens (tertiary/aromatic N) is 2. The first-order valence-electron chi connectivity index (χ1n) is 9.38. The molecule has 1 atom stereocenters. The first-order valence-corrected chi connectivity index (χ1v) is 10.9. The molecule has 2 heterocycles. The van der Waals surface area contributed by atoms with Crippen molar-refractivity contribution in [1.29, 1.82) is 0 Å². The molecule has 0 saturated carbocycles. The summed E-state index contributed by atoms with van der Waals surface area (Å²) in [6.45, 7) is 3.98. The number of aryl methyl sites for hydroxylation is 2. The Morgan fingerprint density at radius 1 is 0.966 bits per heavy atom. The molecule has 0 fully saturated rings. The number of pyridine rings is 1. The minimum atomic E-state index is -4.33. The highest BCUT2D eigenvalue weighted by Crippen LogP contribution is 2.46. The van der Waals surface area contributed by atoms with Crippen LogP contribution in [0.25, 0.3) is 0 Å². The third kappa shape index (κ3) is 3.83.